The van der Waals surface area contributed by atoms with Crippen LogP contribution in [0.15, 0.2) is 29.4 Å². The molecule has 1 aromatic rings. The van der Waals surface area contributed by atoms with Crippen LogP contribution in [0.5, 0.6) is 0 Å². The van der Waals surface area contributed by atoms with Crippen LogP contribution in [0.3, 0.4) is 0 Å². The summed E-state index contributed by atoms with van der Waals surface area (Å²) in [6.45, 7) is 1.39. The largest absolute Gasteiger partial charge is 0.438 e. The van der Waals surface area contributed by atoms with E-state index in [1.807, 2.05) is 0 Å². The molecular formula is C12H11ClF3N3OS. The molecule has 1 aromatic carbocycles. The van der Waals surface area contributed by atoms with Crippen molar-refractivity contribution in [3.05, 3.63) is 29.3 Å². The van der Waals surface area contributed by atoms with Gasteiger partial charge in [0.2, 0.25) is 0 Å². The molecule has 0 aromatic heterocycles. The quantitative estimate of drug-likeness (QED) is 0.771. The number of halogens is 4. The summed E-state index contributed by atoms with van der Waals surface area (Å²) in [4.78, 5) is 0. The molecule has 1 unspecified atom stereocenters. The predicted molar refractivity (Wildman–Crippen MR) is 78.2 cm³/mol. The van der Waals surface area contributed by atoms with E-state index in [4.69, 9.17) is 23.8 Å². The van der Waals surface area contributed by atoms with Gasteiger partial charge in [-0.25, -0.2) is 0 Å². The highest BCUT2D eigenvalue weighted by molar-refractivity contribution is 7.80. The molecule has 1 atom stereocenters. The zero-order chi connectivity index (χ0) is 15.8. The summed E-state index contributed by atoms with van der Waals surface area (Å²) >= 11 is 10.6. The summed E-state index contributed by atoms with van der Waals surface area (Å²) in [5.74, 6) is 0. The van der Waals surface area contributed by atoms with Crippen molar-refractivity contribution < 1.29 is 18.3 Å². The van der Waals surface area contributed by atoms with Crippen LogP contribution in [0.2, 0.25) is 5.02 Å². The van der Waals surface area contributed by atoms with Crippen molar-refractivity contribution in [1.82, 2.24) is 5.01 Å². The predicted octanol–water partition coefficient (Wildman–Crippen LogP) is 3.37. The summed E-state index contributed by atoms with van der Waals surface area (Å²) < 4.78 is 39.2. The number of anilines is 1. The van der Waals surface area contributed by atoms with Crippen molar-refractivity contribution in [2.45, 2.75) is 25.2 Å². The molecule has 9 heteroatoms. The average Bonchev–Trinajstić information content (AvgIpc) is 2.68. The van der Waals surface area contributed by atoms with Gasteiger partial charge in [-0.3, -0.25) is 0 Å². The number of hydrogen-bond donors (Lipinski definition) is 2. The standard InChI is InChI=1S/C12H11ClF3N3OS/c1-7-6-11(20,12(14,15)16)19(18-7)10(21)17-9-4-2-8(13)3-5-9/h2-5,20H,6H2,1H3,(H,17,21). The number of thiocarbonyl (C=S) groups is 1. The third-order valence-electron chi connectivity index (χ3n) is 2.87. The Hall–Kier alpha value is -1.38. The van der Waals surface area contributed by atoms with Gasteiger partial charge in [0.1, 0.15) is 0 Å². The van der Waals surface area contributed by atoms with Crippen LogP contribution in [-0.2, 0) is 0 Å². The number of hydrogen-bond acceptors (Lipinski definition) is 3. The molecule has 0 saturated carbocycles. The molecule has 114 valence electrons. The van der Waals surface area contributed by atoms with Gasteiger partial charge in [-0.15, -0.1) is 0 Å². The number of benzene rings is 1. The molecule has 0 bridgehead atoms. The minimum absolute atomic E-state index is 0.134. The number of hydrazone groups is 1. The first-order valence-corrected chi connectivity index (χ1v) is 6.62. The van der Waals surface area contributed by atoms with Crippen molar-refractivity contribution in [3.63, 3.8) is 0 Å². The summed E-state index contributed by atoms with van der Waals surface area (Å²) in [5, 5.41) is 16.7. The smallest absolute Gasteiger partial charge is 0.362 e. The van der Waals surface area contributed by atoms with E-state index >= 15 is 0 Å². The molecule has 4 nitrogen and oxygen atoms in total. The molecule has 0 spiro atoms. The van der Waals surface area contributed by atoms with E-state index in [2.05, 4.69) is 10.4 Å². The molecule has 2 N–H and O–H groups in total. The fraction of sp³-hybridized carbons (Fsp3) is 0.333. The van der Waals surface area contributed by atoms with Gasteiger partial charge in [0.25, 0.3) is 5.72 Å². The van der Waals surface area contributed by atoms with Gasteiger partial charge in [0, 0.05) is 22.8 Å². The van der Waals surface area contributed by atoms with Gasteiger partial charge in [0.15, 0.2) is 5.11 Å². The molecule has 0 saturated heterocycles. The number of rotatable bonds is 1. The van der Waals surface area contributed by atoms with Crippen LogP contribution in [0.1, 0.15) is 13.3 Å². The monoisotopic (exact) mass is 337 g/mol. The Bertz CT molecular complexity index is 590. The van der Waals surface area contributed by atoms with Gasteiger partial charge in [-0.1, -0.05) is 11.6 Å². The van der Waals surface area contributed by atoms with Gasteiger partial charge in [-0.05, 0) is 43.4 Å². The number of nitrogens with one attached hydrogen (secondary N) is 1. The molecule has 2 rings (SSSR count). The van der Waals surface area contributed by atoms with Crippen LogP contribution in [0.4, 0.5) is 18.9 Å². The molecular weight excluding hydrogens is 327 g/mol. The SMILES string of the molecule is CC1=NN(C(=S)Nc2ccc(Cl)cc2)C(O)(C(F)(F)F)C1. The number of aliphatic hydroxyl groups is 1. The Morgan fingerprint density at radius 3 is 2.52 bits per heavy atom. The fourth-order valence-electron chi connectivity index (χ4n) is 1.86. The van der Waals surface area contributed by atoms with Gasteiger partial charge in [-0.2, -0.15) is 23.3 Å². The van der Waals surface area contributed by atoms with Gasteiger partial charge >= 0.3 is 6.18 Å². The second kappa shape index (κ2) is 5.43. The van der Waals surface area contributed by atoms with Crippen molar-refractivity contribution >= 4 is 40.3 Å². The number of alkyl halides is 3. The van der Waals surface area contributed by atoms with Gasteiger partial charge < -0.3 is 10.4 Å². The first-order valence-electron chi connectivity index (χ1n) is 5.83. The molecule has 0 fully saturated rings. The van der Waals surface area contributed by atoms with E-state index in [9.17, 15) is 18.3 Å². The van der Waals surface area contributed by atoms with E-state index in [-0.39, 0.29) is 10.8 Å². The Morgan fingerprint density at radius 2 is 2.00 bits per heavy atom. The zero-order valence-corrected chi connectivity index (χ0v) is 12.4. The van der Waals surface area contributed by atoms with Crippen molar-refractivity contribution in [2.24, 2.45) is 5.10 Å². The molecule has 1 aliphatic rings. The van der Waals surface area contributed by atoms with E-state index < -0.39 is 18.3 Å². The maximum Gasteiger partial charge on any atom is 0.438 e. The molecule has 0 amide bonds. The first kappa shape index (κ1) is 16.0. The van der Waals surface area contributed by atoms with Crippen LogP contribution in [0.25, 0.3) is 0 Å². The highest BCUT2D eigenvalue weighted by atomic mass is 35.5. The topological polar surface area (TPSA) is 47.9 Å². The summed E-state index contributed by atoms with van der Waals surface area (Å²) in [7, 11) is 0. The third kappa shape index (κ3) is 3.12. The summed E-state index contributed by atoms with van der Waals surface area (Å²) in [6, 6.07) is 6.21. The second-order valence-electron chi connectivity index (χ2n) is 4.58. The third-order valence-corrected chi connectivity index (χ3v) is 3.39. The van der Waals surface area contributed by atoms with Crippen LogP contribution in [-0.4, -0.2) is 32.8 Å². The molecule has 21 heavy (non-hydrogen) atoms. The molecule has 1 aliphatic heterocycles. The molecule has 1 heterocycles. The van der Waals surface area contributed by atoms with Crippen molar-refractivity contribution in [1.29, 1.82) is 0 Å². The first-order chi connectivity index (χ1) is 9.63. The lowest BCUT2D eigenvalue weighted by molar-refractivity contribution is -0.294. The van der Waals surface area contributed by atoms with Crippen LogP contribution < -0.4 is 5.32 Å². The average molecular weight is 338 g/mol. The second-order valence-corrected chi connectivity index (χ2v) is 5.40. The Kier molecular flexibility index (Phi) is 4.14. The van der Waals surface area contributed by atoms with Crippen molar-refractivity contribution in [3.8, 4) is 0 Å². The lowest BCUT2D eigenvalue weighted by Gasteiger charge is -2.34. The zero-order valence-electron chi connectivity index (χ0n) is 10.8. The molecule has 0 aliphatic carbocycles. The lowest BCUT2D eigenvalue weighted by Crippen LogP contribution is -2.57. The van der Waals surface area contributed by atoms with E-state index in [0.717, 1.165) is 0 Å². The van der Waals surface area contributed by atoms with Crippen LogP contribution in [0, 0.1) is 0 Å². The van der Waals surface area contributed by atoms with E-state index in [1.165, 1.54) is 6.92 Å². The Labute approximate surface area is 129 Å². The molecule has 0 radical (unpaired) electrons. The maximum absolute atomic E-state index is 13.1. The van der Waals surface area contributed by atoms with Crippen LogP contribution >= 0.6 is 23.8 Å². The Morgan fingerprint density at radius 1 is 1.43 bits per heavy atom. The highest BCUT2D eigenvalue weighted by Crippen LogP contribution is 2.40. The minimum atomic E-state index is -4.89. The minimum Gasteiger partial charge on any atom is -0.362 e. The Balaban J connectivity index is 2.22. The maximum atomic E-state index is 13.1. The normalized spacial score (nSPS) is 22.2. The van der Waals surface area contributed by atoms with Gasteiger partial charge in [0.05, 0.1) is 0 Å². The van der Waals surface area contributed by atoms with E-state index in [1.54, 1.807) is 24.3 Å². The van der Waals surface area contributed by atoms with Crippen molar-refractivity contribution in [2.75, 3.05) is 5.32 Å². The summed E-state index contributed by atoms with van der Waals surface area (Å²) in [6.07, 6.45) is -5.54. The van der Waals surface area contributed by atoms with E-state index in [0.29, 0.717) is 15.7 Å². The number of nitrogens with zero attached hydrogens (tertiary/aromatic N) is 2. The lowest BCUT2D eigenvalue weighted by atomic mass is 10.1. The summed E-state index contributed by atoms with van der Waals surface area (Å²) in [5.41, 5.74) is -2.56. The highest BCUT2D eigenvalue weighted by Gasteiger charge is 2.62. The fourth-order valence-corrected chi connectivity index (χ4v) is 2.30.